The molecule has 2 N–H and O–H groups in total. The van der Waals surface area contributed by atoms with Crippen molar-refractivity contribution >= 4 is 11.5 Å². The van der Waals surface area contributed by atoms with Crippen LogP contribution < -0.4 is 10.6 Å². The maximum Gasteiger partial charge on any atom is 0.242 e. The molecule has 2 aromatic heterocycles. The average Bonchev–Trinajstić information content (AvgIpc) is 3.05. The van der Waals surface area contributed by atoms with Gasteiger partial charge in [0.25, 0.3) is 0 Å². The fourth-order valence-electron chi connectivity index (χ4n) is 2.45. The summed E-state index contributed by atoms with van der Waals surface area (Å²) >= 11 is 0. The van der Waals surface area contributed by atoms with Crippen LogP contribution in [0.25, 0.3) is 0 Å². The molecule has 1 aliphatic rings. The lowest BCUT2D eigenvalue weighted by atomic mass is 10.1. The summed E-state index contributed by atoms with van der Waals surface area (Å²) in [4.78, 5) is 17.3. The largest absolute Gasteiger partial charge is 0.444 e. The molecule has 0 fully saturated rings. The quantitative estimate of drug-likeness (QED) is 0.923. The minimum Gasteiger partial charge on any atom is -0.444 e. The summed E-state index contributed by atoms with van der Waals surface area (Å²) in [5.74, 6) is 1.85. The number of hydrogen-bond acceptors (Lipinski definition) is 7. The monoisotopic (exact) mass is 312 g/mol. The zero-order valence-electron chi connectivity index (χ0n) is 13.5. The van der Waals surface area contributed by atoms with E-state index in [4.69, 9.17) is 10.2 Å². The van der Waals surface area contributed by atoms with Gasteiger partial charge >= 0.3 is 0 Å². The lowest BCUT2D eigenvalue weighted by Gasteiger charge is -2.31. The smallest absolute Gasteiger partial charge is 0.242 e. The summed E-state index contributed by atoms with van der Waals surface area (Å²) in [7, 11) is 3.95. The molecule has 0 radical (unpaired) electrons. The minimum atomic E-state index is -0.00855. The first-order valence-corrected chi connectivity index (χ1v) is 7.39. The first kappa shape index (κ1) is 15.1. The van der Waals surface area contributed by atoms with Gasteiger partial charge in [-0.25, -0.2) is 15.0 Å². The summed E-state index contributed by atoms with van der Waals surface area (Å²) in [6, 6.07) is 5.97. The molecule has 120 valence electrons. The molecule has 7 nitrogen and oxygen atoms in total. The summed E-state index contributed by atoms with van der Waals surface area (Å²) in [5, 5.41) is 0. The van der Waals surface area contributed by atoms with Gasteiger partial charge in [0.05, 0.1) is 24.5 Å². The van der Waals surface area contributed by atoms with Gasteiger partial charge < -0.3 is 20.0 Å². The molecule has 0 aromatic carbocycles. The van der Waals surface area contributed by atoms with Crippen LogP contribution in [0.1, 0.15) is 18.5 Å². The summed E-state index contributed by atoms with van der Waals surface area (Å²) in [6.45, 7) is 2.67. The molecule has 2 aromatic rings. The number of hydrogen-bond donors (Lipinski definition) is 1. The third kappa shape index (κ3) is 3.18. The van der Waals surface area contributed by atoms with E-state index in [1.165, 1.54) is 6.26 Å². The Kier molecular flexibility index (Phi) is 4.01. The van der Waals surface area contributed by atoms with E-state index in [0.29, 0.717) is 18.3 Å². The van der Waals surface area contributed by atoms with Crippen LogP contribution in [0.5, 0.6) is 0 Å². The van der Waals surface area contributed by atoms with Crippen molar-refractivity contribution < 1.29 is 4.42 Å². The van der Waals surface area contributed by atoms with E-state index < -0.39 is 0 Å². The lowest BCUT2D eigenvalue weighted by molar-refractivity contribution is 0.328. The Morgan fingerprint density at radius 3 is 2.87 bits per heavy atom. The van der Waals surface area contributed by atoms with E-state index in [0.717, 1.165) is 17.2 Å². The maximum absolute atomic E-state index is 5.95. The Balaban J connectivity index is 1.84. The van der Waals surface area contributed by atoms with E-state index in [-0.39, 0.29) is 6.04 Å². The Bertz CT molecular complexity index is 735. The molecule has 0 spiro atoms. The number of rotatable bonds is 4. The van der Waals surface area contributed by atoms with Gasteiger partial charge in [0.15, 0.2) is 0 Å². The number of aromatic nitrogens is 2. The van der Waals surface area contributed by atoms with Gasteiger partial charge in [-0.2, -0.15) is 0 Å². The molecule has 0 saturated heterocycles. The Morgan fingerprint density at radius 1 is 1.35 bits per heavy atom. The zero-order chi connectivity index (χ0) is 16.4. The summed E-state index contributed by atoms with van der Waals surface area (Å²) in [5.41, 5.74) is 7.63. The van der Waals surface area contributed by atoms with Gasteiger partial charge in [-0.3, -0.25) is 0 Å². The molecular formula is C16H20N6O. The maximum atomic E-state index is 5.95. The van der Waals surface area contributed by atoms with E-state index in [9.17, 15) is 0 Å². The van der Waals surface area contributed by atoms with Crippen LogP contribution >= 0.6 is 0 Å². The normalized spacial score (nSPS) is 17.7. The highest BCUT2D eigenvalue weighted by molar-refractivity contribution is 6.01. The van der Waals surface area contributed by atoms with Crippen molar-refractivity contribution in [1.29, 1.82) is 0 Å². The molecule has 0 amide bonds. The third-order valence-corrected chi connectivity index (χ3v) is 3.69. The van der Waals surface area contributed by atoms with Crippen molar-refractivity contribution in [3.05, 3.63) is 54.3 Å². The minimum absolute atomic E-state index is 0.00855. The molecule has 3 heterocycles. The first-order chi connectivity index (χ1) is 11.0. The predicted molar refractivity (Wildman–Crippen MR) is 88.9 cm³/mol. The van der Waals surface area contributed by atoms with E-state index in [1.807, 2.05) is 50.3 Å². The molecule has 7 heteroatoms. The van der Waals surface area contributed by atoms with E-state index >= 15 is 0 Å². The van der Waals surface area contributed by atoms with Crippen molar-refractivity contribution in [2.75, 3.05) is 19.0 Å². The fraction of sp³-hybridized carbons (Fsp3) is 0.312. The van der Waals surface area contributed by atoms with Crippen molar-refractivity contribution in [2.24, 2.45) is 10.7 Å². The molecule has 23 heavy (non-hydrogen) atoms. The molecule has 0 aliphatic carbocycles. The Hall–Kier alpha value is -2.83. The van der Waals surface area contributed by atoms with Crippen molar-refractivity contribution in [2.45, 2.75) is 19.5 Å². The highest BCUT2D eigenvalue weighted by Crippen LogP contribution is 2.19. The molecule has 0 bridgehead atoms. The van der Waals surface area contributed by atoms with Crippen LogP contribution in [-0.2, 0) is 6.54 Å². The highest BCUT2D eigenvalue weighted by Gasteiger charge is 2.26. The van der Waals surface area contributed by atoms with Crippen molar-refractivity contribution in [3.63, 3.8) is 0 Å². The second-order valence-corrected chi connectivity index (χ2v) is 5.62. The second-order valence-electron chi connectivity index (χ2n) is 5.62. The van der Waals surface area contributed by atoms with Crippen LogP contribution in [0, 0.1) is 0 Å². The number of anilines is 1. The van der Waals surface area contributed by atoms with Crippen molar-refractivity contribution in [3.8, 4) is 0 Å². The topological polar surface area (TPSA) is 83.8 Å². The molecule has 1 atom stereocenters. The average molecular weight is 312 g/mol. The zero-order valence-corrected chi connectivity index (χ0v) is 13.5. The molecule has 1 aliphatic heterocycles. The SMILES string of the molecule is CC1C(c2ncco2)=NC(N)=CN1Cc1cccc(N(C)C)n1. The molecule has 0 saturated carbocycles. The molecule has 3 rings (SSSR count). The number of nitrogens with zero attached hydrogens (tertiary/aromatic N) is 5. The van der Waals surface area contributed by atoms with Crippen LogP contribution in [0.2, 0.25) is 0 Å². The van der Waals surface area contributed by atoms with Gasteiger partial charge in [-0.1, -0.05) is 6.07 Å². The van der Waals surface area contributed by atoms with Crippen LogP contribution in [0.15, 0.2) is 52.1 Å². The second kappa shape index (κ2) is 6.12. The third-order valence-electron chi connectivity index (χ3n) is 3.69. The lowest BCUT2D eigenvalue weighted by Crippen LogP contribution is -2.39. The van der Waals surface area contributed by atoms with Gasteiger partial charge in [-0.15, -0.1) is 0 Å². The fourth-order valence-corrected chi connectivity index (χ4v) is 2.45. The Labute approximate surface area is 135 Å². The summed E-state index contributed by atoms with van der Waals surface area (Å²) < 4.78 is 5.37. The van der Waals surface area contributed by atoms with E-state index in [2.05, 4.69) is 19.9 Å². The highest BCUT2D eigenvalue weighted by atomic mass is 16.3. The van der Waals surface area contributed by atoms with Crippen LogP contribution in [-0.4, -0.2) is 40.7 Å². The number of oxazole rings is 1. The van der Waals surface area contributed by atoms with Crippen molar-refractivity contribution in [1.82, 2.24) is 14.9 Å². The predicted octanol–water partition coefficient (Wildman–Crippen LogP) is 1.59. The van der Waals surface area contributed by atoms with Gasteiger partial charge in [0.1, 0.15) is 23.6 Å². The first-order valence-electron chi connectivity index (χ1n) is 7.39. The van der Waals surface area contributed by atoms with Crippen LogP contribution in [0.4, 0.5) is 5.82 Å². The summed E-state index contributed by atoms with van der Waals surface area (Å²) in [6.07, 6.45) is 4.97. The number of aliphatic imine (C=N–C) groups is 1. The van der Waals surface area contributed by atoms with Gasteiger partial charge in [0.2, 0.25) is 5.89 Å². The molecule has 1 unspecified atom stereocenters. The number of nitrogens with two attached hydrogens (primary N) is 1. The number of pyridine rings is 1. The van der Waals surface area contributed by atoms with Gasteiger partial charge in [-0.05, 0) is 19.1 Å². The van der Waals surface area contributed by atoms with Gasteiger partial charge in [0, 0.05) is 20.3 Å². The van der Waals surface area contributed by atoms with E-state index in [1.54, 1.807) is 6.20 Å². The Morgan fingerprint density at radius 2 is 2.17 bits per heavy atom. The van der Waals surface area contributed by atoms with Crippen LogP contribution in [0.3, 0.4) is 0 Å². The molecular weight excluding hydrogens is 292 g/mol. The standard InChI is InChI=1S/C16H20N6O/c1-11-15(16-18-7-8-23-16)20-13(17)10-22(11)9-12-5-4-6-14(19-12)21(2)3/h4-8,10-11H,9,17H2,1-3H3.